The molecule has 1 unspecified atom stereocenters. The van der Waals surface area contributed by atoms with Gasteiger partial charge in [0.25, 0.3) is 0 Å². The van der Waals surface area contributed by atoms with Gasteiger partial charge in [0.1, 0.15) is 12.4 Å². The average Bonchev–Trinajstić information content (AvgIpc) is 3.49. The van der Waals surface area contributed by atoms with Crippen molar-refractivity contribution in [1.29, 1.82) is 0 Å². The van der Waals surface area contributed by atoms with E-state index in [0.29, 0.717) is 18.8 Å². The predicted molar refractivity (Wildman–Crippen MR) is 131 cm³/mol. The van der Waals surface area contributed by atoms with Crippen LogP contribution in [0.2, 0.25) is 0 Å². The van der Waals surface area contributed by atoms with E-state index in [9.17, 15) is 0 Å². The Kier molecular flexibility index (Phi) is 5.02. The molecule has 1 atom stereocenters. The Morgan fingerprint density at radius 1 is 0.939 bits per heavy atom. The molecule has 0 aliphatic carbocycles. The fourth-order valence-electron chi connectivity index (χ4n) is 6.06. The maximum Gasteiger partial charge on any atom is 0.231 e. The first-order valence-corrected chi connectivity index (χ1v) is 12.6. The third kappa shape index (κ3) is 3.74. The SMILES string of the molecule is CC(C)(C)CCN1CCC(CN2CC3(COc4cc5c(cc43)OCO5)c3ccccc32)CC1. The Morgan fingerprint density at radius 3 is 2.48 bits per heavy atom. The standard InChI is InChI=1S/C28H36N2O3/c1-27(2,3)10-13-29-11-8-20(9-12-29)16-30-17-28(21-6-4-5-7-23(21)30)18-31-24-15-26-25(14-22(24)28)32-19-33-26/h4-7,14-15,20H,8-13,16-19H2,1-3H3. The van der Waals surface area contributed by atoms with Gasteiger partial charge in [0.05, 0.1) is 5.41 Å². The third-order valence-corrected chi connectivity index (χ3v) is 8.05. The highest BCUT2D eigenvalue weighted by molar-refractivity contribution is 5.70. The fourth-order valence-corrected chi connectivity index (χ4v) is 6.06. The summed E-state index contributed by atoms with van der Waals surface area (Å²) < 4.78 is 17.6. The van der Waals surface area contributed by atoms with Crippen molar-refractivity contribution in [2.45, 2.75) is 45.4 Å². The second-order valence-electron chi connectivity index (χ2n) is 11.6. The van der Waals surface area contributed by atoms with Gasteiger partial charge in [-0.1, -0.05) is 39.0 Å². The number of para-hydroxylation sites is 1. The van der Waals surface area contributed by atoms with Crippen molar-refractivity contribution in [3.8, 4) is 17.2 Å². The summed E-state index contributed by atoms with van der Waals surface area (Å²) in [4.78, 5) is 5.30. The van der Waals surface area contributed by atoms with Gasteiger partial charge in [0.2, 0.25) is 6.79 Å². The first-order valence-electron chi connectivity index (χ1n) is 12.6. The van der Waals surface area contributed by atoms with Crippen molar-refractivity contribution in [2.24, 2.45) is 11.3 Å². The highest BCUT2D eigenvalue weighted by atomic mass is 16.7. The number of rotatable bonds is 4. The second-order valence-corrected chi connectivity index (χ2v) is 11.6. The molecule has 33 heavy (non-hydrogen) atoms. The third-order valence-electron chi connectivity index (χ3n) is 8.05. The van der Waals surface area contributed by atoms with Crippen LogP contribution in [-0.4, -0.2) is 51.0 Å². The first-order chi connectivity index (χ1) is 15.9. The lowest BCUT2D eigenvalue weighted by Crippen LogP contribution is -2.41. The zero-order chi connectivity index (χ0) is 22.6. The number of benzene rings is 2. The molecule has 2 aromatic rings. The molecule has 4 aliphatic heterocycles. The molecule has 2 aromatic carbocycles. The molecule has 4 heterocycles. The molecular formula is C28H36N2O3. The van der Waals surface area contributed by atoms with E-state index in [1.807, 2.05) is 6.07 Å². The number of nitrogens with zero attached hydrogens (tertiary/aromatic N) is 2. The van der Waals surface area contributed by atoms with E-state index in [0.717, 1.165) is 36.3 Å². The summed E-state index contributed by atoms with van der Waals surface area (Å²) in [6.07, 6.45) is 3.86. The van der Waals surface area contributed by atoms with Crippen molar-refractivity contribution in [2.75, 3.05) is 51.0 Å². The highest BCUT2D eigenvalue weighted by Gasteiger charge is 2.50. The molecule has 0 aromatic heterocycles. The number of fused-ring (bicyclic) bond motifs is 5. The number of ether oxygens (including phenoxy) is 3. The van der Waals surface area contributed by atoms with Crippen molar-refractivity contribution >= 4 is 5.69 Å². The number of hydrogen-bond acceptors (Lipinski definition) is 5. The number of hydrogen-bond donors (Lipinski definition) is 0. The molecule has 6 rings (SSSR count). The normalized spacial score (nSPS) is 24.3. The Labute approximate surface area is 197 Å². The van der Waals surface area contributed by atoms with E-state index in [1.165, 1.54) is 55.7 Å². The number of piperidine rings is 1. The van der Waals surface area contributed by atoms with Crippen LogP contribution in [-0.2, 0) is 5.41 Å². The summed E-state index contributed by atoms with van der Waals surface area (Å²) in [5.41, 5.74) is 4.31. The van der Waals surface area contributed by atoms with E-state index in [-0.39, 0.29) is 5.41 Å². The molecule has 0 radical (unpaired) electrons. The van der Waals surface area contributed by atoms with E-state index in [1.54, 1.807) is 0 Å². The fraction of sp³-hybridized carbons (Fsp3) is 0.571. The number of likely N-dealkylation sites (tertiary alicyclic amines) is 1. The molecule has 0 saturated carbocycles. The van der Waals surface area contributed by atoms with E-state index < -0.39 is 0 Å². The zero-order valence-electron chi connectivity index (χ0n) is 20.2. The molecule has 0 amide bonds. The largest absolute Gasteiger partial charge is 0.492 e. The van der Waals surface area contributed by atoms with Crippen molar-refractivity contribution in [3.05, 3.63) is 47.5 Å². The van der Waals surface area contributed by atoms with Crippen LogP contribution in [0.3, 0.4) is 0 Å². The van der Waals surface area contributed by atoms with E-state index >= 15 is 0 Å². The summed E-state index contributed by atoms with van der Waals surface area (Å²) in [5.74, 6) is 3.34. The summed E-state index contributed by atoms with van der Waals surface area (Å²) in [6.45, 7) is 13.8. The second kappa shape index (κ2) is 7.83. The monoisotopic (exact) mass is 448 g/mol. The summed E-state index contributed by atoms with van der Waals surface area (Å²) >= 11 is 0. The quantitative estimate of drug-likeness (QED) is 0.653. The molecule has 1 saturated heterocycles. The molecule has 176 valence electrons. The minimum absolute atomic E-state index is 0.125. The van der Waals surface area contributed by atoms with Crippen LogP contribution in [0.25, 0.3) is 0 Å². The maximum atomic E-state index is 6.26. The van der Waals surface area contributed by atoms with Gasteiger partial charge in [0, 0.05) is 30.4 Å². The van der Waals surface area contributed by atoms with Crippen molar-refractivity contribution in [3.63, 3.8) is 0 Å². The number of anilines is 1. The van der Waals surface area contributed by atoms with Crippen LogP contribution in [0.1, 0.15) is 51.2 Å². The van der Waals surface area contributed by atoms with Gasteiger partial charge in [-0.2, -0.15) is 0 Å². The Balaban J connectivity index is 1.19. The van der Waals surface area contributed by atoms with Gasteiger partial charge in [-0.3, -0.25) is 0 Å². The van der Waals surface area contributed by atoms with Gasteiger partial charge in [-0.25, -0.2) is 0 Å². The van der Waals surface area contributed by atoms with Crippen LogP contribution in [0.5, 0.6) is 17.2 Å². The van der Waals surface area contributed by atoms with Gasteiger partial charge in [0.15, 0.2) is 11.5 Å². The molecular weight excluding hydrogens is 412 g/mol. The smallest absolute Gasteiger partial charge is 0.231 e. The minimum Gasteiger partial charge on any atom is -0.492 e. The lowest BCUT2D eigenvalue weighted by molar-refractivity contribution is 0.164. The van der Waals surface area contributed by atoms with Crippen LogP contribution in [0, 0.1) is 11.3 Å². The van der Waals surface area contributed by atoms with Crippen molar-refractivity contribution in [1.82, 2.24) is 4.90 Å². The van der Waals surface area contributed by atoms with Gasteiger partial charge in [-0.15, -0.1) is 0 Å². The summed E-state index contributed by atoms with van der Waals surface area (Å²) in [7, 11) is 0. The van der Waals surface area contributed by atoms with Gasteiger partial charge in [-0.05, 0) is 67.9 Å². The van der Waals surface area contributed by atoms with E-state index in [4.69, 9.17) is 14.2 Å². The van der Waals surface area contributed by atoms with E-state index in [2.05, 4.69) is 60.9 Å². The minimum atomic E-state index is -0.125. The molecule has 5 heteroatoms. The predicted octanol–water partition coefficient (Wildman–Crippen LogP) is 5.06. The summed E-state index contributed by atoms with van der Waals surface area (Å²) in [6, 6.07) is 13.1. The zero-order valence-corrected chi connectivity index (χ0v) is 20.2. The average molecular weight is 449 g/mol. The highest BCUT2D eigenvalue weighted by Crippen LogP contribution is 2.54. The Bertz CT molecular complexity index is 1040. The van der Waals surface area contributed by atoms with Crippen LogP contribution >= 0.6 is 0 Å². The van der Waals surface area contributed by atoms with Gasteiger partial charge >= 0.3 is 0 Å². The lowest BCUT2D eigenvalue weighted by Gasteiger charge is -2.36. The maximum absolute atomic E-state index is 6.26. The molecule has 0 N–H and O–H groups in total. The molecule has 1 fully saturated rings. The first kappa shape index (κ1) is 21.2. The van der Waals surface area contributed by atoms with Crippen molar-refractivity contribution < 1.29 is 14.2 Å². The summed E-state index contributed by atoms with van der Waals surface area (Å²) in [5, 5.41) is 0. The lowest BCUT2D eigenvalue weighted by atomic mass is 9.77. The van der Waals surface area contributed by atoms with Crippen LogP contribution < -0.4 is 19.1 Å². The topological polar surface area (TPSA) is 34.2 Å². The molecule has 0 bridgehead atoms. The molecule has 1 spiro atoms. The van der Waals surface area contributed by atoms with Crippen LogP contribution in [0.15, 0.2) is 36.4 Å². The van der Waals surface area contributed by atoms with Crippen LogP contribution in [0.4, 0.5) is 5.69 Å². The molecule has 4 aliphatic rings. The van der Waals surface area contributed by atoms with Gasteiger partial charge < -0.3 is 24.0 Å². The Hall–Kier alpha value is -2.40. The molecule has 5 nitrogen and oxygen atoms in total. The Morgan fingerprint density at radius 2 is 1.70 bits per heavy atom.